The van der Waals surface area contributed by atoms with E-state index in [0.717, 1.165) is 29.7 Å². The summed E-state index contributed by atoms with van der Waals surface area (Å²) in [5, 5.41) is 0. The van der Waals surface area contributed by atoms with E-state index in [9.17, 15) is 4.79 Å². The Morgan fingerprint density at radius 1 is 1.14 bits per heavy atom. The molecule has 1 aliphatic carbocycles. The van der Waals surface area contributed by atoms with Crippen molar-refractivity contribution >= 4 is 16.8 Å². The Bertz CT molecular complexity index is 621. The molecule has 21 heavy (non-hydrogen) atoms. The summed E-state index contributed by atoms with van der Waals surface area (Å²) < 4.78 is 2.07. The van der Waals surface area contributed by atoms with E-state index in [1.807, 2.05) is 25.2 Å². The van der Waals surface area contributed by atoms with E-state index in [-0.39, 0.29) is 5.92 Å². The molecule has 0 atom stereocenters. The molecule has 1 aliphatic rings. The molecular weight excluding hydrogens is 260 g/mol. The molecule has 0 unspecified atom stereocenters. The van der Waals surface area contributed by atoms with Crippen molar-refractivity contribution in [2.75, 3.05) is 0 Å². The molecule has 0 saturated heterocycles. The lowest BCUT2D eigenvalue weighted by atomic mass is 9.87. The number of para-hydroxylation sites is 2. The molecule has 0 aliphatic heterocycles. The monoisotopic (exact) mass is 284 g/mol. The number of aromatic nitrogens is 2. The minimum absolute atomic E-state index is 0.255. The number of Topliss-reactive ketones (excluding diaryl/α,β-unsaturated/α-hetero) is 1. The third-order valence-corrected chi connectivity index (χ3v) is 4.77. The first kappa shape index (κ1) is 14.3. The minimum Gasteiger partial charge on any atom is -0.331 e. The van der Waals surface area contributed by atoms with Crippen molar-refractivity contribution < 1.29 is 4.79 Å². The molecule has 0 radical (unpaired) electrons. The Hall–Kier alpha value is -1.64. The Balaban J connectivity index is 1.74. The summed E-state index contributed by atoms with van der Waals surface area (Å²) in [7, 11) is 2.01. The number of ketones is 1. The lowest BCUT2D eigenvalue weighted by Crippen LogP contribution is -2.19. The van der Waals surface area contributed by atoms with Gasteiger partial charge < -0.3 is 4.57 Å². The summed E-state index contributed by atoms with van der Waals surface area (Å²) in [6.07, 6.45) is 8.96. The second-order valence-electron chi connectivity index (χ2n) is 6.26. The highest BCUT2D eigenvalue weighted by Crippen LogP contribution is 2.24. The summed E-state index contributed by atoms with van der Waals surface area (Å²) in [6, 6.07) is 8.09. The van der Waals surface area contributed by atoms with Crippen molar-refractivity contribution in [1.82, 2.24) is 9.55 Å². The molecule has 3 nitrogen and oxygen atoms in total. The molecule has 112 valence electrons. The van der Waals surface area contributed by atoms with Gasteiger partial charge >= 0.3 is 0 Å². The second kappa shape index (κ2) is 6.42. The van der Waals surface area contributed by atoms with E-state index in [1.165, 1.54) is 32.1 Å². The fourth-order valence-corrected chi connectivity index (χ4v) is 3.43. The van der Waals surface area contributed by atoms with Crippen LogP contribution in [0.5, 0.6) is 0 Å². The van der Waals surface area contributed by atoms with Gasteiger partial charge in [-0.05, 0) is 25.0 Å². The van der Waals surface area contributed by atoms with E-state index in [2.05, 4.69) is 15.6 Å². The van der Waals surface area contributed by atoms with Gasteiger partial charge in [-0.3, -0.25) is 4.79 Å². The topological polar surface area (TPSA) is 34.9 Å². The van der Waals surface area contributed by atoms with Crippen LogP contribution in [-0.2, 0) is 18.3 Å². The number of carbonyl (C=O) groups excluding carboxylic acids is 1. The summed E-state index contributed by atoms with van der Waals surface area (Å²) in [4.78, 5) is 17.2. The quantitative estimate of drug-likeness (QED) is 0.852. The molecule has 1 heterocycles. The van der Waals surface area contributed by atoms with E-state index in [1.54, 1.807) is 0 Å². The maximum Gasteiger partial charge on any atom is 0.143 e. The fraction of sp³-hybridized carbons (Fsp3) is 0.556. The van der Waals surface area contributed by atoms with Crippen molar-refractivity contribution in [2.24, 2.45) is 13.0 Å². The first-order chi connectivity index (χ1) is 10.3. The van der Waals surface area contributed by atoms with Crippen molar-refractivity contribution in [2.45, 2.75) is 51.4 Å². The van der Waals surface area contributed by atoms with Gasteiger partial charge in [-0.2, -0.15) is 0 Å². The van der Waals surface area contributed by atoms with Gasteiger partial charge in [0.25, 0.3) is 0 Å². The van der Waals surface area contributed by atoms with Crippen molar-refractivity contribution in [3.05, 3.63) is 30.1 Å². The third-order valence-electron chi connectivity index (χ3n) is 4.77. The number of benzene rings is 1. The van der Waals surface area contributed by atoms with Gasteiger partial charge in [0.15, 0.2) is 0 Å². The van der Waals surface area contributed by atoms with Gasteiger partial charge in [-0.15, -0.1) is 0 Å². The molecule has 1 aromatic heterocycles. The Morgan fingerprint density at radius 3 is 2.52 bits per heavy atom. The number of hydrogen-bond acceptors (Lipinski definition) is 2. The number of hydrogen-bond donors (Lipinski definition) is 0. The Morgan fingerprint density at radius 2 is 1.81 bits per heavy atom. The normalized spacial score (nSPS) is 17.6. The zero-order valence-corrected chi connectivity index (χ0v) is 12.8. The van der Waals surface area contributed by atoms with Gasteiger partial charge in [0.2, 0.25) is 0 Å². The van der Waals surface area contributed by atoms with Crippen LogP contribution in [0.4, 0.5) is 0 Å². The van der Waals surface area contributed by atoms with E-state index >= 15 is 0 Å². The summed E-state index contributed by atoms with van der Waals surface area (Å²) in [6.45, 7) is 0. The average molecular weight is 284 g/mol. The average Bonchev–Trinajstić information content (AvgIpc) is 2.75. The highest BCUT2D eigenvalue weighted by Gasteiger charge is 2.21. The number of fused-ring (bicyclic) bond motifs is 1. The van der Waals surface area contributed by atoms with Crippen LogP contribution in [0.15, 0.2) is 24.3 Å². The van der Waals surface area contributed by atoms with Crippen molar-refractivity contribution in [3.8, 4) is 0 Å². The smallest absolute Gasteiger partial charge is 0.143 e. The number of carbonyl (C=O) groups is 1. The van der Waals surface area contributed by atoms with E-state index in [4.69, 9.17) is 0 Å². The highest BCUT2D eigenvalue weighted by molar-refractivity contribution is 5.84. The summed E-state index contributed by atoms with van der Waals surface area (Å²) >= 11 is 0. The van der Waals surface area contributed by atoms with E-state index < -0.39 is 0 Å². The Kier molecular flexibility index (Phi) is 4.37. The predicted molar refractivity (Wildman–Crippen MR) is 85.2 cm³/mol. The van der Waals surface area contributed by atoms with Crippen LogP contribution in [0.2, 0.25) is 0 Å². The first-order valence-electron chi connectivity index (χ1n) is 8.19. The number of nitrogens with zero attached hydrogens (tertiary/aromatic N) is 2. The third kappa shape index (κ3) is 3.17. The van der Waals surface area contributed by atoms with Crippen LogP contribution >= 0.6 is 0 Å². The first-order valence-corrected chi connectivity index (χ1v) is 8.19. The zero-order chi connectivity index (χ0) is 14.7. The SMILES string of the molecule is Cn1c(CC(=O)C2CCCCCCC2)nc2ccccc21. The number of aryl methyl sites for hydroxylation is 1. The van der Waals surface area contributed by atoms with Crippen LogP contribution < -0.4 is 0 Å². The molecule has 2 aromatic rings. The lowest BCUT2D eigenvalue weighted by molar-refractivity contribution is -0.122. The van der Waals surface area contributed by atoms with Gasteiger partial charge in [0.05, 0.1) is 17.5 Å². The van der Waals surface area contributed by atoms with Gasteiger partial charge in [-0.25, -0.2) is 4.98 Å². The molecule has 0 spiro atoms. The summed E-state index contributed by atoms with van der Waals surface area (Å²) in [5.41, 5.74) is 2.10. The maximum absolute atomic E-state index is 12.6. The molecule has 3 rings (SSSR count). The number of imidazole rings is 1. The van der Waals surface area contributed by atoms with Crippen LogP contribution in [0.25, 0.3) is 11.0 Å². The lowest BCUT2D eigenvalue weighted by Gasteiger charge is -2.18. The predicted octanol–water partition coefficient (Wildman–Crippen LogP) is 4.05. The van der Waals surface area contributed by atoms with Crippen LogP contribution in [-0.4, -0.2) is 15.3 Å². The second-order valence-corrected chi connectivity index (χ2v) is 6.26. The van der Waals surface area contributed by atoms with Gasteiger partial charge in [-0.1, -0.05) is 44.2 Å². The van der Waals surface area contributed by atoms with Crippen molar-refractivity contribution in [3.63, 3.8) is 0 Å². The zero-order valence-electron chi connectivity index (χ0n) is 12.8. The molecule has 0 bridgehead atoms. The van der Waals surface area contributed by atoms with Crippen molar-refractivity contribution in [1.29, 1.82) is 0 Å². The van der Waals surface area contributed by atoms with Crippen LogP contribution in [0, 0.1) is 5.92 Å². The number of rotatable bonds is 3. The Labute approximate surface area is 126 Å². The maximum atomic E-state index is 12.6. The van der Waals surface area contributed by atoms with Gasteiger partial charge in [0, 0.05) is 13.0 Å². The molecule has 3 heteroatoms. The van der Waals surface area contributed by atoms with E-state index in [0.29, 0.717) is 12.2 Å². The van der Waals surface area contributed by atoms with Crippen LogP contribution in [0.1, 0.15) is 50.8 Å². The summed E-state index contributed by atoms with van der Waals surface area (Å²) in [5.74, 6) is 1.55. The minimum atomic E-state index is 0.255. The molecular formula is C18H24N2O. The molecule has 0 N–H and O–H groups in total. The van der Waals surface area contributed by atoms with Gasteiger partial charge in [0.1, 0.15) is 11.6 Å². The standard InChI is InChI=1S/C18H24N2O/c1-20-16-12-8-7-11-15(16)19-18(20)13-17(21)14-9-5-3-2-4-6-10-14/h7-8,11-12,14H,2-6,9-10,13H2,1H3. The molecule has 1 aromatic carbocycles. The van der Waals surface area contributed by atoms with Crippen LogP contribution in [0.3, 0.4) is 0 Å². The molecule has 0 amide bonds. The fourth-order valence-electron chi connectivity index (χ4n) is 3.43. The molecule has 1 saturated carbocycles. The largest absolute Gasteiger partial charge is 0.331 e. The molecule has 1 fully saturated rings. The highest BCUT2D eigenvalue weighted by atomic mass is 16.1.